The molecule has 20 heavy (non-hydrogen) atoms. The molecule has 0 amide bonds. The smallest absolute Gasteiger partial charge is 0.139 e. The first-order chi connectivity index (χ1) is 9.49. The molecule has 0 aliphatic carbocycles. The minimum absolute atomic E-state index is 0.226. The van der Waals surface area contributed by atoms with Crippen LogP contribution in [0.3, 0.4) is 0 Å². The summed E-state index contributed by atoms with van der Waals surface area (Å²) in [4.78, 5) is 0.226. The van der Waals surface area contributed by atoms with Gasteiger partial charge in [0, 0.05) is 0 Å². The quantitative estimate of drug-likeness (QED) is 0.817. The average molecular weight is 306 g/mol. The van der Waals surface area contributed by atoms with Crippen LogP contribution in [0.15, 0.2) is 42.5 Å². The number of hydrogen-bond donors (Lipinski definition) is 1. The van der Waals surface area contributed by atoms with Gasteiger partial charge < -0.3 is 10.5 Å². The summed E-state index contributed by atoms with van der Waals surface area (Å²) in [5.41, 5.74) is 7.53. The second-order valence-corrected chi connectivity index (χ2v) is 5.65. The molecule has 2 N–H and O–H groups in total. The van der Waals surface area contributed by atoms with E-state index in [2.05, 4.69) is 13.8 Å². The Kier molecular flexibility index (Phi) is 4.63. The Labute approximate surface area is 129 Å². The summed E-state index contributed by atoms with van der Waals surface area (Å²) in [6.07, 6.45) is 0. The molecule has 0 fully saturated rings. The van der Waals surface area contributed by atoms with Gasteiger partial charge in [0.05, 0.1) is 10.6 Å². The number of halogens is 1. The van der Waals surface area contributed by atoms with Crippen LogP contribution in [-0.2, 0) is 0 Å². The molecule has 0 aromatic heterocycles. The van der Waals surface area contributed by atoms with Crippen molar-refractivity contribution in [2.45, 2.75) is 19.8 Å². The first kappa shape index (κ1) is 14.8. The molecule has 104 valence electrons. The van der Waals surface area contributed by atoms with Crippen LogP contribution in [0, 0.1) is 0 Å². The van der Waals surface area contributed by atoms with Gasteiger partial charge in [-0.25, -0.2) is 0 Å². The van der Waals surface area contributed by atoms with Crippen molar-refractivity contribution < 1.29 is 4.74 Å². The van der Waals surface area contributed by atoms with Crippen molar-refractivity contribution in [1.82, 2.24) is 0 Å². The third-order valence-corrected chi connectivity index (χ3v) is 3.52. The Hall–Kier alpha value is -1.58. The topological polar surface area (TPSA) is 35.2 Å². The largest absolute Gasteiger partial charge is 0.457 e. The fourth-order valence-corrected chi connectivity index (χ4v) is 2.41. The number of rotatable bonds is 4. The third kappa shape index (κ3) is 3.30. The zero-order chi connectivity index (χ0) is 14.7. The molecule has 2 aromatic carbocycles. The number of nitrogens with two attached hydrogens (primary N) is 1. The zero-order valence-corrected chi connectivity index (χ0v) is 13.0. The number of benzene rings is 2. The monoisotopic (exact) mass is 305 g/mol. The highest BCUT2D eigenvalue weighted by molar-refractivity contribution is 7.80. The summed E-state index contributed by atoms with van der Waals surface area (Å²) in [5, 5.41) is 0.494. The Morgan fingerprint density at radius 3 is 2.35 bits per heavy atom. The van der Waals surface area contributed by atoms with E-state index in [1.807, 2.05) is 30.3 Å². The van der Waals surface area contributed by atoms with Gasteiger partial charge in [0.15, 0.2) is 0 Å². The molecule has 0 saturated carbocycles. The van der Waals surface area contributed by atoms with E-state index in [0.717, 1.165) is 5.75 Å². The SMILES string of the molecule is CC(C)c1ccc(Oc2cccc(Cl)c2C(N)=S)cc1. The van der Waals surface area contributed by atoms with Crippen LogP contribution >= 0.6 is 23.8 Å². The minimum atomic E-state index is 0.226. The van der Waals surface area contributed by atoms with Crippen molar-refractivity contribution in [3.63, 3.8) is 0 Å². The van der Waals surface area contributed by atoms with Gasteiger partial charge in [0.2, 0.25) is 0 Å². The molecule has 2 nitrogen and oxygen atoms in total. The maximum absolute atomic E-state index is 6.11. The summed E-state index contributed by atoms with van der Waals surface area (Å²) >= 11 is 11.1. The van der Waals surface area contributed by atoms with Crippen LogP contribution in [0.2, 0.25) is 5.02 Å². The van der Waals surface area contributed by atoms with E-state index in [0.29, 0.717) is 22.3 Å². The van der Waals surface area contributed by atoms with E-state index in [4.69, 9.17) is 34.3 Å². The van der Waals surface area contributed by atoms with E-state index in [1.54, 1.807) is 12.1 Å². The van der Waals surface area contributed by atoms with E-state index in [9.17, 15) is 0 Å². The lowest BCUT2D eigenvalue weighted by molar-refractivity contribution is 0.481. The zero-order valence-electron chi connectivity index (χ0n) is 11.4. The van der Waals surface area contributed by atoms with Crippen LogP contribution in [0.4, 0.5) is 0 Å². The van der Waals surface area contributed by atoms with Gasteiger partial charge >= 0.3 is 0 Å². The number of ether oxygens (including phenoxy) is 1. The van der Waals surface area contributed by atoms with Crippen LogP contribution in [-0.4, -0.2) is 4.99 Å². The second kappa shape index (κ2) is 6.25. The molecule has 0 heterocycles. The lowest BCUT2D eigenvalue weighted by Gasteiger charge is -2.12. The summed E-state index contributed by atoms with van der Waals surface area (Å²) in [5.74, 6) is 1.79. The molecule has 0 aliphatic heterocycles. The highest BCUT2D eigenvalue weighted by atomic mass is 35.5. The van der Waals surface area contributed by atoms with Gasteiger partial charge in [0.25, 0.3) is 0 Å². The Morgan fingerprint density at radius 2 is 1.80 bits per heavy atom. The molecular formula is C16H16ClNOS. The minimum Gasteiger partial charge on any atom is -0.457 e. The molecule has 2 rings (SSSR count). The molecule has 0 spiro atoms. The third-order valence-electron chi connectivity index (χ3n) is 3.00. The van der Waals surface area contributed by atoms with Crippen molar-refractivity contribution in [1.29, 1.82) is 0 Å². The highest BCUT2D eigenvalue weighted by Gasteiger charge is 2.11. The molecule has 2 aromatic rings. The molecule has 0 radical (unpaired) electrons. The van der Waals surface area contributed by atoms with Crippen molar-refractivity contribution in [2.24, 2.45) is 5.73 Å². The fraction of sp³-hybridized carbons (Fsp3) is 0.188. The Bertz CT molecular complexity index is 623. The van der Waals surface area contributed by atoms with Crippen molar-refractivity contribution in [2.75, 3.05) is 0 Å². The normalized spacial score (nSPS) is 10.6. The van der Waals surface area contributed by atoms with E-state index in [1.165, 1.54) is 5.56 Å². The van der Waals surface area contributed by atoms with Crippen molar-refractivity contribution >= 4 is 28.8 Å². The van der Waals surface area contributed by atoms with Gasteiger partial charge in [-0.1, -0.05) is 55.9 Å². The molecule has 0 bridgehead atoms. The Morgan fingerprint density at radius 1 is 1.15 bits per heavy atom. The standard InChI is InChI=1S/C16H16ClNOS/c1-10(2)11-6-8-12(9-7-11)19-14-5-3-4-13(17)15(14)16(18)20/h3-10H,1-2H3,(H2,18,20). The molecule has 4 heteroatoms. The average Bonchev–Trinajstić information content (AvgIpc) is 2.39. The van der Waals surface area contributed by atoms with E-state index in [-0.39, 0.29) is 4.99 Å². The lowest BCUT2D eigenvalue weighted by atomic mass is 10.0. The molecule has 0 unspecified atom stereocenters. The van der Waals surface area contributed by atoms with Crippen LogP contribution in [0.5, 0.6) is 11.5 Å². The molecule has 0 aliphatic rings. The number of thiocarbonyl (C=S) groups is 1. The van der Waals surface area contributed by atoms with E-state index < -0.39 is 0 Å². The lowest BCUT2D eigenvalue weighted by Crippen LogP contribution is -2.11. The summed E-state index contributed by atoms with van der Waals surface area (Å²) < 4.78 is 5.83. The van der Waals surface area contributed by atoms with Gasteiger partial charge in [-0.15, -0.1) is 0 Å². The molecule has 0 saturated heterocycles. The predicted molar refractivity (Wildman–Crippen MR) is 87.9 cm³/mol. The van der Waals surface area contributed by atoms with Gasteiger partial charge in [-0.2, -0.15) is 0 Å². The van der Waals surface area contributed by atoms with Gasteiger partial charge in [-0.3, -0.25) is 0 Å². The van der Waals surface area contributed by atoms with Crippen molar-refractivity contribution in [3.8, 4) is 11.5 Å². The van der Waals surface area contributed by atoms with Crippen LogP contribution < -0.4 is 10.5 Å². The Balaban J connectivity index is 2.30. The van der Waals surface area contributed by atoms with Crippen LogP contribution in [0.1, 0.15) is 30.9 Å². The van der Waals surface area contributed by atoms with Crippen molar-refractivity contribution in [3.05, 3.63) is 58.6 Å². The predicted octanol–water partition coefficient (Wildman–Crippen LogP) is 4.89. The fourth-order valence-electron chi connectivity index (χ4n) is 1.88. The molecule has 0 atom stereocenters. The van der Waals surface area contributed by atoms with Gasteiger partial charge in [0.1, 0.15) is 16.5 Å². The maximum Gasteiger partial charge on any atom is 0.139 e. The first-order valence-electron chi connectivity index (χ1n) is 6.35. The van der Waals surface area contributed by atoms with Gasteiger partial charge in [-0.05, 0) is 35.7 Å². The van der Waals surface area contributed by atoms with E-state index >= 15 is 0 Å². The summed E-state index contributed by atoms with van der Waals surface area (Å²) in [7, 11) is 0. The second-order valence-electron chi connectivity index (χ2n) is 4.80. The summed E-state index contributed by atoms with van der Waals surface area (Å²) in [6, 6.07) is 13.3. The first-order valence-corrected chi connectivity index (χ1v) is 7.14. The van der Waals surface area contributed by atoms with Crippen LogP contribution in [0.25, 0.3) is 0 Å². The number of hydrogen-bond acceptors (Lipinski definition) is 2. The summed E-state index contributed by atoms with van der Waals surface area (Å²) in [6.45, 7) is 4.30. The molecular weight excluding hydrogens is 290 g/mol. The highest BCUT2D eigenvalue weighted by Crippen LogP contribution is 2.31. The maximum atomic E-state index is 6.11.